The highest BCUT2D eigenvalue weighted by Gasteiger charge is 2.31. The summed E-state index contributed by atoms with van der Waals surface area (Å²) >= 11 is 0. The van der Waals surface area contributed by atoms with Crippen molar-refractivity contribution in [2.75, 3.05) is 0 Å². The predicted molar refractivity (Wildman–Crippen MR) is 200 cm³/mol. The van der Waals surface area contributed by atoms with Gasteiger partial charge in [-0.05, 0) is 71.3 Å². The van der Waals surface area contributed by atoms with E-state index in [0.29, 0.717) is 16.7 Å². The molecule has 5 heteroatoms. The van der Waals surface area contributed by atoms with E-state index in [-0.39, 0.29) is 12.0 Å². The highest BCUT2D eigenvalue weighted by molar-refractivity contribution is 6.10. The van der Waals surface area contributed by atoms with Gasteiger partial charge in [-0.3, -0.25) is 0 Å². The maximum Gasteiger partial charge on any atom is 0.101 e. The topological polar surface area (TPSA) is 81.2 Å². The third-order valence-corrected chi connectivity index (χ3v) is 10.0. The Morgan fingerprint density at radius 1 is 0.520 bits per heavy atom. The number of fused-ring (bicyclic) bond motifs is 6. The minimum atomic E-state index is -0.274. The molecule has 5 nitrogen and oxygen atoms in total. The summed E-state index contributed by atoms with van der Waals surface area (Å²) in [7, 11) is 0. The summed E-state index contributed by atoms with van der Waals surface area (Å²) in [5.41, 5.74) is 9.33. The molecule has 2 unspecified atom stereocenters. The number of para-hydroxylation sites is 3. The van der Waals surface area contributed by atoms with Gasteiger partial charge in [-0.25, -0.2) is 0 Å². The van der Waals surface area contributed by atoms with Crippen LogP contribution in [0.25, 0.3) is 60.4 Å². The maximum atomic E-state index is 10.7. The molecule has 0 N–H and O–H groups in total. The van der Waals surface area contributed by atoms with Crippen molar-refractivity contribution in [3.63, 3.8) is 0 Å². The van der Waals surface area contributed by atoms with E-state index in [1.807, 2.05) is 48.6 Å². The Bertz CT molecular complexity index is 2820. The molecule has 1 aliphatic carbocycles. The van der Waals surface area contributed by atoms with Gasteiger partial charge in [0.25, 0.3) is 0 Å². The minimum absolute atomic E-state index is 0.212. The molecule has 1 aliphatic rings. The monoisotopic (exact) mass is 637 g/mol. The highest BCUT2D eigenvalue weighted by atomic mass is 15.0. The second kappa shape index (κ2) is 11.5. The van der Waals surface area contributed by atoms with Crippen LogP contribution in [0.1, 0.15) is 34.2 Å². The first kappa shape index (κ1) is 29.0. The molecule has 0 fully saturated rings. The van der Waals surface area contributed by atoms with E-state index >= 15 is 0 Å². The molecule has 0 radical (unpaired) electrons. The van der Waals surface area contributed by atoms with Crippen molar-refractivity contribution >= 4 is 43.6 Å². The maximum absolute atomic E-state index is 10.7. The van der Waals surface area contributed by atoms with Crippen LogP contribution in [0.15, 0.2) is 152 Å². The first-order chi connectivity index (χ1) is 24.7. The standard InChI is InChI=1S/C45H27N5/c46-26-29-20-23-44-38(24-29)36-14-3-7-18-42(36)50(44)43-19-8-4-15-37(43)45-33(22-21-31(27-47)39(45)28-48)30-10-9-11-32(25-30)49-40-16-5-1-12-34(40)35-13-2-6-17-41(35)49/h1-25,37,43H. The quantitative estimate of drug-likeness (QED) is 0.193. The number of hydrogen-bond acceptors (Lipinski definition) is 3. The van der Waals surface area contributed by atoms with Crippen LogP contribution in [0.5, 0.6) is 0 Å². The van der Waals surface area contributed by atoms with Gasteiger partial charge >= 0.3 is 0 Å². The van der Waals surface area contributed by atoms with Crippen LogP contribution < -0.4 is 0 Å². The van der Waals surface area contributed by atoms with E-state index in [1.54, 1.807) is 6.07 Å². The summed E-state index contributed by atoms with van der Waals surface area (Å²) in [5, 5.41) is 35.1. The van der Waals surface area contributed by atoms with Gasteiger partial charge < -0.3 is 9.13 Å². The summed E-state index contributed by atoms with van der Waals surface area (Å²) in [5.74, 6) is -0.274. The highest BCUT2D eigenvalue weighted by Crippen LogP contribution is 2.45. The Balaban J connectivity index is 1.28. The van der Waals surface area contributed by atoms with E-state index in [1.165, 1.54) is 10.8 Å². The Labute approximate surface area is 288 Å². The van der Waals surface area contributed by atoms with E-state index in [4.69, 9.17) is 0 Å². The van der Waals surface area contributed by atoms with E-state index in [0.717, 1.165) is 55.2 Å². The van der Waals surface area contributed by atoms with Crippen LogP contribution in [0.2, 0.25) is 0 Å². The third-order valence-electron chi connectivity index (χ3n) is 10.0. The van der Waals surface area contributed by atoms with Gasteiger partial charge in [0.05, 0.1) is 39.8 Å². The molecule has 0 saturated carbocycles. The summed E-state index contributed by atoms with van der Waals surface area (Å²) in [6, 6.07) is 50.0. The van der Waals surface area contributed by atoms with Crippen LogP contribution in [-0.4, -0.2) is 9.13 Å². The second-order valence-electron chi connectivity index (χ2n) is 12.6. The largest absolute Gasteiger partial charge is 0.332 e. The van der Waals surface area contributed by atoms with Gasteiger partial charge in [0.2, 0.25) is 0 Å². The second-order valence-corrected chi connectivity index (χ2v) is 12.6. The van der Waals surface area contributed by atoms with Crippen molar-refractivity contribution in [3.05, 3.63) is 174 Å². The molecule has 6 aromatic carbocycles. The van der Waals surface area contributed by atoms with Crippen LogP contribution in [0.3, 0.4) is 0 Å². The molecule has 0 saturated heterocycles. The minimum Gasteiger partial charge on any atom is -0.332 e. The zero-order valence-electron chi connectivity index (χ0n) is 26.8. The zero-order valence-corrected chi connectivity index (χ0v) is 26.8. The Morgan fingerprint density at radius 2 is 1.18 bits per heavy atom. The smallest absolute Gasteiger partial charge is 0.101 e. The lowest BCUT2D eigenvalue weighted by Crippen LogP contribution is -2.18. The summed E-state index contributed by atoms with van der Waals surface area (Å²) in [6.07, 6.45) is 8.40. The van der Waals surface area contributed by atoms with Crippen molar-refractivity contribution in [2.45, 2.75) is 12.0 Å². The molecular formula is C45H27N5. The van der Waals surface area contributed by atoms with E-state index in [9.17, 15) is 15.8 Å². The summed E-state index contributed by atoms with van der Waals surface area (Å²) < 4.78 is 4.61. The van der Waals surface area contributed by atoms with Gasteiger partial charge in [-0.2, -0.15) is 15.8 Å². The number of rotatable bonds is 4. The third kappa shape index (κ3) is 4.30. The fraction of sp³-hybridized carbons (Fsp3) is 0.0444. The first-order valence-electron chi connectivity index (χ1n) is 16.5. The number of hydrogen-bond donors (Lipinski definition) is 0. The SMILES string of the molecule is N#Cc1ccc2c(c1)c1ccccc1n2C1C=CC=CC1c1c(-c2cccc(-n3c4ccccc4c4ccccc43)c2)ccc(C#N)c1C#N. The normalized spacial score (nSPS) is 15.4. The number of allylic oxidation sites excluding steroid dienone is 4. The molecule has 2 atom stereocenters. The molecule has 0 spiro atoms. The molecule has 0 amide bonds. The van der Waals surface area contributed by atoms with Gasteiger partial charge in [-0.15, -0.1) is 0 Å². The molecule has 2 aromatic heterocycles. The van der Waals surface area contributed by atoms with Crippen LogP contribution >= 0.6 is 0 Å². The molecule has 0 bridgehead atoms. The van der Waals surface area contributed by atoms with Crippen molar-refractivity contribution in [1.82, 2.24) is 9.13 Å². The van der Waals surface area contributed by atoms with Crippen LogP contribution in [-0.2, 0) is 0 Å². The summed E-state index contributed by atoms with van der Waals surface area (Å²) in [4.78, 5) is 0. The van der Waals surface area contributed by atoms with Crippen molar-refractivity contribution in [1.29, 1.82) is 15.8 Å². The van der Waals surface area contributed by atoms with Gasteiger partial charge in [0, 0.05) is 44.2 Å². The zero-order chi connectivity index (χ0) is 33.8. The van der Waals surface area contributed by atoms with Crippen LogP contribution in [0, 0.1) is 34.0 Å². The first-order valence-corrected chi connectivity index (χ1v) is 16.5. The Kier molecular flexibility index (Phi) is 6.70. The Hall–Kier alpha value is -7.13. The molecular weight excluding hydrogens is 611 g/mol. The molecule has 9 rings (SSSR count). The van der Waals surface area contributed by atoms with Crippen LogP contribution in [0.4, 0.5) is 0 Å². The summed E-state index contributed by atoms with van der Waals surface area (Å²) in [6.45, 7) is 0. The molecule has 0 aliphatic heterocycles. The van der Waals surface area contributed by atoms with Crippen molar-refractivity contribution in [2.24, 2.45) is 0 Å². The van der Waals surface area contributed by atoms with Crippen molar-refractivity contribution < 1.29 is 0 Å². The fourth-order valence-electron chi connectivity index (χ4n) is 7.95. The fourth-order valence-corrected chi connectivity index (χ4v) is 7.95. The van der Waals surface area contributed by atoms with Gasteiger partial charge in [-0.1, -0.05) is 97.1 Å². The number of benzene rings is 6. The van der Waals surface area contributed by atoms with E-state index < -0.39 is 0 Å². The lowest BCUT2D eigenvalue weighted by atomic mass is 9.79. The lowest BCUT2D eigenvalue weighted by molar-refractivity contribution is 0.576. The average molecular weight is 638 g/mol. The molecule has 8 aromatic rings. The van der Waals surface area contributed by atoms with E-state index in [2.05, 4.69) is 124 Å². The molecule has 232 valence electrons. The van der Waals surface area contributed by atoms with Gasteiger partial charge in [0.1, 0.15) is 12.1 Å². The average Bonchev–Trinajstić information content (AvgIpc) is 3.70. The van der Waals surface area contributed by atoms with Gasteiger partial charge in [0.15, 0.2) is 0 Å². The Morgan fingerprint density at radius 3 is 1.88 bits per heavy atom. The molecule has 2 heterocycles. The molecule has 50 heavy (non-hydrogen) atoms. The number of nitrogens with zero attached hydrogens (tertiary/aromatic N) is 5. The van der Waals surface area contributed by atoms with Crippen molar-refractivity contribution in [3.8, 4) is 35.0 Å². The number of aromatic nitrogens is 2. The number of nitriles is 3. The lowest BCUT2D eigenvalue weighted by Gasteiger charge is -2.30. The predicted octanol–water partition coefficient (Wildman–Crippen LogP) is 10.6.